The largest absolute Gasteiger partial charge is 0.332 e. The van der Waals surface area contributed by atoms with Gasteiger partial charge in [-0.3, -0.25) is 19.7 Å². The van der Waals surface area contributed by atoms with E-state index < -0.39 is 10.8 Å². The molecule has 0 heterocycles. The van der Waals surface area contributed by atoms with Crippen molar-refractivity contribution >= 4 is 39.1 Å². The normalized spacial score (nSPS) is 10.2. The molecule has 0 bridgehead atoms. The molecule has 1 N–H and O–H groups in total. The van der Waals surface area contributed by atoms with Gasteiger partial charge in [-0.25, -0.2) is 0 Å². The second-order valence-corrected chi connectivity index (χ2v) is 6.25. The summed E-state index contributed by atoms with van der Waals surface area (Å²) in [5.74, 6) is -0.825. The van der Waals surface area contributed by atoms with E-state index in [2.05, 4.69) is 21.2 Å². The molecule has 2 aromatic rings. The Labute approximate surface area is 152 Å². The smallest absolute Gasteiger partial charge is 0.273 e. The van der Waals surface area contributed by atoms with Gasteiger partial charge >= 0.3 is 0 Å². The third-order valence-corrected chi connectivity index (χ3v) is 4.30. The molecule has 0 aliphatic rings. The van der Waals surface area contributed by atoms with Crippen molar-refractivity contribution in [2.75, 3.05) is 18.9 Å². The fraction of sp³-hybridized carbons (Fsp3) is 0.176. The minimum absolute atomic E-state index is 0.128. The number of carbonyl (C=O) groups excluding carboxylic acids is 2. The molecular formula is C17H16BrN3O4. The lowest BCUT2D eigenvalue weighted by molar-refractivity contribution is -0.385. The standard InChI is InChI=1S/C17H16BrN3O4/c1-11-12(6-5-9-15(11)21(24)25)17(23)20(2)10-16(22)19-14-8-4-3-7-13(14)18/h3-9H,10H2,1-2H3,(H,19,22). The highest BCUT2D eigenvalue weighted by Crippen LogP contribution is 2.23. The SMILES string of the molecule is Cc1c(C(=O)N(C)CC(=O)Nc2ccccc2Br)cccc1[N+](=O)[O-]. The van der Waals surface area contributed by atoms with Crippen LogP contribution in [-0.2, 0) is 4.79 Å². The molecule has 0 atom stereocenters. The maximum absolute atomic E-state index is 12.5. The molecule has 0 fully saturated rings. The van der Waals surface area contributed by atoms with Gasteiger partial charge in [0.15, 0.2) is 0 Å². The first-order chi connectivity index (χ1) is 11.8. The van der Waals surface area contributed by atoms with Crippen LogP contribution in [0.4, 0.5) is 11.4 Å². The molecule has 25 heavy (non-hydrogen) atoms. The molecule has 2 rings (SSSR count). The van der Waals surface area contributed by atoms with Gasteiger partial charge in [0, 0.05) is 28.7 Å². The summed E-state index contributed by atoms with van der Waals surface area (Å²) in [5, 5.41) is 13.7. The maximum Gasteiger partial charge on any atom is 0.273 e. The number of rotatable bonds is 5. The highest BCUT2D eigenvalue weighted by molar-refractivity contribution is 9.10. The number of anilines is 1. The molecule has 0 spiro atoms. The molecule has 0 aliphatic carbocycles. The Morgan fingerprint density at radius 3 is 2.52 bits per heavy atom. The van der Waals surface area contributed by atoms with E-state index in [1.165, 1.54) is 37.1 Å². The first kappa shape index (κ1) is 18.6. The summed E-state index contributed by atoms with van der Waals surface area (Å²) >= 11 is 3.33. The van der Waals surface area contributed by atoms with Crippen LogP contribution >= 0.6 is 15.9 Å². The number of nitrogens with zero attached hydrogens (tertiary/aromatic N) is 2. The number of nitro groups is 1. The van der Waals surface area contributed by atoms with Crippen LogP contribution in [0.25, 0.3) is 0 Å². The molecule has 0 unspecified atom stereocenters. The highest BCUT2D eigenvalue weighted by Gasteiger charge is 2.21. The summed E-state index contributed by atoms with van der Waals surface area (Å²) in [6, 6.07) is 11.4. The maximum atomic E-state index is 12.5. The molecule has 2 amide bonds. The molecule has 2 aromatic carbocycles. The van der Waals surface area contributed by atoms with Crippen LogP contribution in [0.15, 0.2) is 46.9 Å². The molecule has 0 saturated heterocycles. The zero-order valence-corrected chi connectivity index (χ0v) is 15.2. The summed E-state index contributed by atoms with van der Waals surface area (Å²) in [5.41, 5.74) is 0.942. The Balaban J connectivity index is 2.10. The number of hydrogen-bond acceptors (Lipinski definition) is 4. The lowest BCUT2D eigenvalue weighted by atomic mass is 10.1. The van der Waals surface area contributed by atoms with E-state index in [0.717, 1.165) is 4.47 Å². The zero-order chi connectivity index (χ0) is 18.6. The van der Waals surface area contributed by atoms with E-state index in [-0.39, 0.29) is 29.3 Å². The van der Waals surface area contributed by atoms with Crippen LogP contribution in [-0.4, -0.2) is 35.2 Å². The van der Waals surface area contributed by atoms with Gasteiger partial charge in [0.1, 0.15) is 0 Å². The number of benzene rings is 2. The van der Waals surface area contributed by atoms with Crippen LogP contribution in [0, 0.1) is 17.0 Å². The molecule has 0 saturated carbocycles. The molecule has 0 aliphatic heterocycles. The van der Waals surface area contributed by atoms with Gasteiger partial charge in [0.05, 0.1) is 17.2 Å². The Morgan fingerprint density at radius 1 is 1.20 bits per heavy atom. The zero-order valence-electron chi connectivity index (χ0n) is 13.7. The topological polar surface area (TPSA) is 92.6 Å². The Morgan fingerprint density at radius 2 is 1.88 bits per heavy atom. The number of para-hydroxylation sites is 1. The lowest BCUT2D eigenvalue weighted by Crippen LogP contribution is -2.35. The predicted octanol–water partition coefficient (Wildman–Crippen LogP) is 3.38. The molecule has 0 radical (unpaired) electrons. The van der Waals surface area contributed by atoms with Gasteiger partial charge in [-0.2, -0.15) is 0 Å². The second-order valence-electron chi connectivity index (χ2n) is 5.40. The van der Waals surface area contributed by atoms with Gasteiger partial charge in [-0.15, -0.1) is 0 Å². The van der Waals surface area contributed by atoms with E-state index in [1.807, 2.05) is 6.07 Å². The van der Waals surface area contributed by atoms with E-state index in [1.54, 1.807) is 18.2 Å². The average molecular weight is 406 g/mol. The average Bonchev–Trinajstić information content (AvgIpc) is 2.56. The molecule has 0 aromatic heterocycles. The fourth-order valence-corrected chi connectivity index (χ4v) is 2.68. The molecule has 130 valence electrons. The summed E-state index contributed by atoms with van der Waals surface area (Å²) < 4.78 is 0.729. The van der Waals surface area contributed by atoms with Crippen molar-refractivity contribution in [3.05, 3.63) is 68.2 Å². The van der Waals surface area contributed by atoms with Crippen molar-refractivity contribution in [2.45, 2.75) is 6.92 Å². The second kappa shape index (κ2) is 7.89. The van der Waals surface area contributed by atoms with E-state index >= 15 is 0 Å². The van der Waals surface area contributed by atoms with Crippen LogP contribution in [0.5, 0.6) is 0 Å². The molecular weight excluding hydrogens is 390 g/mol. The predicted molar refractivity (Wildman–Crippen MR) is 97.6 cm³/mol. The number of nitrogens with one attached hydrogen (secondary N) is 1. The van der Waals surface area contributed by atoms with Gasteiger partial charge in [0.25, 0.3) is 11.6 Å². The van der Waals surface area contributed by atoms with E-state index in [4.69, 9.17) is 0 Å². The van der Waals surface area contributed by atoms with Crippen LogP contribution in [0.2, 0.25) is 0 Å². The summed E-state index contributed by atoms with van der Waals surface area (Å²) in [6.07, 6.45) is 0. The number of carbonyl (C=O) groups is 2. The Kier molecular flexibility index (Phi) is 5.87. The minimum atomic E-state index is -0.536. The van der Waals surface area contributed by atoms with Gasteiger partial charge in [0.2, 0.25) is 5.91 Å². The van der Waals surface area contributed by atoms with Gasteiger partial charge < -0.3 is 10.2 Å². The summed E-state index contributed by atoms with van der Waals surface area (Å²) in [6.45, 7) is 1.34. The third kappa shape index (κ3) is 4.42. The van der Waals surface area contributed by atoms with Crippen molar-refractivity contribution in [1.29, 1.82) is 0 Å². The fourth-order valence-electron chi connectivity index (χ4n) is 2.30. The highest BCUT2D eigenvalue weighted by atomic mass is 79.9. The number of likely N-dealkylation sites (N-methyl/N-ethyl adjacent to an activating group) is 1. The van der Waals surface area contributed by atoms with E-state index in [0.29, 0.717) is 5.69 Å². The van der Waals surface area contributed by atoms with Crippen LogP contribution in [0.1, 0.15) is 15.9 Å². The number of amides is 2. The lowest BCUT2D eigenvalue weighted by Gasteiger charge is -2.18. The monoisotopic (exact) mass is 405 g/mol. The van der Waals surface area contributed by atoms with Crippen molar-refractivity contribution in [1.82, 2.24) is 4.90 Å². The quantitative estimate of drug-likeness (QED) is 0.609. The first-order valence-electron chi connectivity index (χ1n) is 7.35. The van der Waals surface area contributed by atoms with Crippen LogP contribution in [0.3, 0.4) is 0 Å². The Bertz CT molecular complexity index is 838. The molecule has 8 heteroatoms. The number of hydrogen-bond donors (Lipinski definition) is 1. The van der Waals surface area contributed by atoms with E-state index in [9.17, 15) is 19.7 Å². The van der Waals surface area contributed by atoms with Crippen molar-refractivity contribution in [3.63, 3.8) is 0 Å². The third-order valence-electron chi connectivity index (χ3n) is 3.61. The minimum Gasteiger partial charge on any atom is -0.332 e. The Hall–Kier alpha value is -2.74. The number of halogens is 1. The van der Waals surface area contributed by atoms with Crippen molar-refractivity contribution < 1.29 is 14.5 Å². The summed E-state index contributed by atoms with van der Waals surface area (Å²) in [4.78, 5) is 36.3. The molecule has 7 nitrogen and oxygen atoms in total. The first-order valence-corrected chi connectivity index (χ1v) is 8.14. The van der Waals surface area contributed by atoms with Gasteiger partial charge in [-0.05, 0) is 41.1 Å². The summed E-state index contributed by atoms with van der Waals surface area (Å²) in [7, 11) is 1.47. The van der Waals surface area contributed by atoms with Crippen molar-refractivity contribution in [2.24, 2.45) is 0 Å². The van der Waals surface area contributed by atoms with Crippen molar-refractivity contribution in [3.8, 4) is 0 Å². The van der Waals surface area contributed by atoms with Crippen LogP contribution < -0.4 is 5.32 Å². The number of nitro benzene ring substituents is 1. The van der Waals surface area contributed by atoms with Gasteiger partial charge in [-0.1, -0.05) is 18.2 Å².